The third-order valence-electron chi connectivity index (χ3n) is 4.39. The number of carbonyl (C=O) groups is 1. The molecular weight excluding hydrogens is 424 g/mol. The average Bonchev–Trinajstić information content (AvgIpc) is 2.67. The first-order valence-corrected chi connectivity index (χ1v) is 11.2. The fourth-order valence-electron chi connectivity index (χ4n) is 3.03. The van der Waals surface area contributed by atoms with E-state index in [2.05, 4.69) is 0 Å². The summed E-state index contributed by atoms with van der Waals surface area (Å²) in [4.78, 5) is 24.5. The minimum Gasteiger partial charge on any atom is -0.427 e. The summed E-state index contributed by atoms with van der Waals surface area (Å²) in [5.41, 5.74) is 0.536. The zero-order chi connectivity index (χ0) is 21.5. The molecule has 0 bridgehead atoms. The number of ether oxygens (including phenoxy) is 1. The predicted molar refractivity (Wildman–Crippen MR) is 116 cm³/mol. The number of hydrogen-bond acceptors (Lipinski definition) is 7. The number of benzene rings is 3. The SMILES string of the molecule is CC(=O)Oc1cc(OS(=O)(=O)c2ccc(C)cc2)c2c(=O)c3ccccc3sc2c1. The first-order chi connectivity index (χ1) is 14.2. The fraction of sp³-hybridized carbons (Fsp3) is 0.0909. The van der Waals surface area contributed by atoms with Crippen molar-refractivity contribution in [3.8, 4) is 11.5 Å². The van der Waals surface area contributed by atoms with E-state index in [9.17, 15) is 18.0 Å². The molecule has 6 nitrogen and oxygen atoms in total. The summed E-state index contributed by atoms with van der Waals surface area (Å²) >= 11 is 1.28. The lowest BCUT2D eigenvalue weighted by Gasteiger charge is -2.12. The molecule has 0 aliphatic heterocycles. The lowest BCUT2D eigenvalue weighted by molar-refractivity contribution is -0.131. The molecule has 0 amide bonds. The molecule has 0 saturated carbocycles. The zero-order valence-electron chi connectivity index (χ0n) is 16.0. The molecule has 1 aromatic heterocycles. The zero-order valence-corrected chi connectivity index (χ0v) is 17.7. The van der Waals surface area contributed by atoms with Gasteiger partial charge in [0.25, 0.3) is 0 Å². The van der Waals surface area contributed by atoms with Gasteiger partial charge < -0.3 is 8.92 Å². The first-order valence-electron chi connectivity index (χ1n) is 8.94. The van der Waals surface area contributed by atoms with Crippen molar-refractivity contribution in [2.45, 2.75) is 18.7 Å². The van der Waals surface area contributed by atoms with Gasteiger partial charge in [-0.15, -0.1) is 11.3 Å². The van der Waals surface area contributed by atoms with Gasteiger partial charge in [0.05, 0.1) is 5.39 Å². The summed E-state index contributed by atoms with van der Waals surface area (Å²) in [7, 11) is -4.21. The Hall–Kier alpha value is -3.23. The van der Waals surface area contributed by atoms with Gasteiger partial charge in [0.15, 0.2) is 11.2 Å². The number of esters is 1. The van der Waals surface area contributed by atoms with Crippen LogP contribution in [0.15, 0.2) is 70.4 Å². The summed E-state index contributed by atoms with van der Waals surface area (Å²) in [5.74, 6) is -0.666. The third-order valence-corrected chi connectivity index (χ3v) is 6.76. The molecule has 8 heteroatoms. The van der Waals surface area contributed by atoms with Crippen LogP contribution in [-0.4, -0.2) is 14.4 Å². The largest absolute Gasteiger partial charge is 0.427 e. The number of aryl methyl sites for hydroxylation is 1. The molecule has 0 saturated heterocycles. The van der Waals surface area contributed by atoms with Crippen molar-refractivity contribution in [3.63, 3.8) is 0 Å². The molecular formula is C22H16O6S2. The van der Waals surface area contributed by atoms with E-state index in [-0.39, 0.29) is 27.2 Å². The van der Waals surface area contributed by atoms with Crippen molar-refractivity contribution in [2.24, 2.45) is 0 Å². The van der Waals surface area contributed by atoms with Crippen molar-refractivity contribution < 1.29 is 22.1 Å². The Balaban J connectivity index is 1.96. The Morgan fingerprint density at radius 2 is 1.67 bits per heavy atom. The van der Waals surface area contributed by atoms with Crippen LogP contribution in [0.5, 0.6) is 11.5 Å². The highest BCUT2D eigenvalue weighted by molar-refractivity contribution is 7.87. The molecule has 0 fully saturated rings. The average molecular weight is 440 g/mol. The number of rotatable bonds is 4. The monoisotopic (exact) mass is 440 g/mol. The Kier molecular flexibility index (Phi) is 5.05. The second kappa shape index (κ2) is 7.55. The molecule has 0 atom stereocenters. The van der Waals surface area contributed by atoms with Gasteiger partial charge in [-0.05, 0) is 37.3 Å². The van der Waals surface area contributed by atoms with E-state index in [0.29, 0.717) is 10.1 Å². The summed E-state index contributed by atoms with van der Waals surface area (Å²) in [6, 6.07) is 15.9. The van der Waals surface area contributed by atoms with Crippen molar-refractivity contribution in [1.82, 2.24) is 0 Å². The predicted octanol–water partition coefficient (Wildman–Crippen LogP) is 4.42. The smallest absolute Gasteiger partial charge is 0.339 e. The van der Waals surface area contributed by atoms with Crippen LogP contribution < -0.4 is 14.3 Å². The fourth-order valence-corrected chi connectivity index (χ4v) is 5.09. The highest BCUT2D eigenvalue weighted by atomic mass is 32.2. The lowest BCUT2D eigenvalue weighted by Crippen LogP contribution is -2.13. The van der Waals surface area contributed by atoms with E-state index in [0.717, 1.165) is 10.3 Å². The number of fused-ring (bicyclic) bond motifs is 2. The Morgan fingerprint density at radius 3 is 2.37 bits per heavy atom. The van der Waals surface area contributed by atoms with Crippen LogP contribution in [0.3, 0.4) is 0 Å². The summed E-state index contributed by atoms with van der Waals surface area (Å²) in [5, 5.41) is 0.568. The maximum atomic E-state index is 13.1. The van der Waals surface area contributed by atoms with Crippen LogP contribution in [-0.2, 0) is 14.9 Å². The number of hydrogen-bond donors (Lipinski definition) is 0. The van der Waals surface area contributed by atoms with E-state index < -0.39 is 16.1 Å². The van der Waals surface area contributed by atoms with Crippen molar-refractivity contribution >= 4 is 47.6 Å². The van der Waals surface area contributed by atoms with E-state index in [4.69, 9.17) is 8.92 Å². The number of carbonyl (C=O) groups excluding carboxylic acids is 1. The van der Waals surface area contributed by atoms with Gasteiger partial charge in [-0.1, -0.05) is 29.8 Å². The maximum Gasteiger partial charge on any atom is 0.339 e. The van der Waals surface area contributed by atoms with Gasteiger partial charge >= 0.3 is 16.1 Å². The molecule has 0 unspecified atom stereocenters. The van der Waals surface area contributed by atoms with Crippen molar-refractivity contribution in [2.75, 3.05) is 0 Å². The van der Waals surface area contributed by atoms with E-state index >= 15 is 0 Å². The van der Waals surface area contributed by atoms with Crippen LogP contribution in [0, 0.1) is 6.92 Å². The molecule has 4 rings (SSSR count). The summed E-state index contributed by atoms with van der Waals surface area (Å²) in [6.45, 7) is 3.07. The van der Waals surface area contributed by atoms with Crippen LogP contribution in [0.4, 0.5) is 0 Å². The van der Waals surface area contributed by atoms with Gasteiger partial charge in [-0.3, -0.25) is 9.59 Å². The van der Waals surface area contributed by atoms with E-state index in [1.807, 2.05) is 6.92 Å². The Bertz CT molecular complexity index is 1450. The molecule has 0 spiro atoms. The second-order valence-corrected chi connectivity index (χ2v) is 9.30. The second-order valence-electron chi connectivity index (χ2n) is 6.67. The van der Waals surface area contributed by atoms with Crippen LogP contribution in [0.2, 0.25) is 0 Å². The lowest BCUT2D eigenvalue weighted by atomic mass is 10.1. The van der Waals surface area contributed by atoms with Gasteiger partial charge in [-0.25, -0.2) is 0 Å². The highest BCUT2D eigenvalue weighted by Crippen LogP contribution is 2.36. The quantitative estimate of drug-likeness (QED) is 0.202. The van der Waals surface area contributed by atoms with Crippen LogP contribution in [0.25, 0.3) is 20.2 Å². The van der Waals surface area contributed by atoms with Crippen LogP contribution >= 0.6 is 11.3 Å². The molecule has 3 aromatic carbocycles. The Morgan fingerprint density at radius 1 is 0.967 bits per heavy atom. The third kappa shape index (κ3) is 3.79. The molecule has 4 aromatic rings. The van der Waals surface area contributed by atoms with Gasteiger partial charge in [-0.2, -0.15) is 8.42 Å². The van der Waals surface area contributed by atoms with Crippen molar-refractivity contribution in [3.05, 3.63) is 76.5 Å². The molecule has 0 aliphatic rings. The minimum absolute atomic E-state index is 0.0453. The Labute approximate surface area is 176 Å². The van der Waals surface area contributed by atoms with Gasteiger partial charge in [0.1, 0.15) is 10.6 Å². The molecule has 0 radical (unpaired) electrons. The van der Waals surface area contributed by atoms with Crippen LogP contribution in [0.1, 0.15) is 12.5 Å². The van der Waals surface area contributed by atoms with Crippen molar-refractivity contribution in [1.29, 1.82) is 0 Å². The minimum atomic E-state index is -4.21. The topological polar surface area (TPSA) is 86.7 Å². The molecule has 0 N–H and O–H groups in total. The van der Waals surface area contributed by atoms with Gasteiger partial charge in [0, 0.05) is 27.8 Å². The maximum absolute atomic E-state index is 13.1. The summed E-state index contributed by atoms with van der Waals surface area (Å²) in [6.07, 6.45) is 0. The molecule has 0 aliphatic carbocycles. The molecule has 30 heavy (non-hydrogen) atoms. The molecule has 152 valence electrons. The molecule has 1 heterocycles. The standard InChI is InChI=1S/C22H16O6S2/c1-13-7-9-16(10-8-13)30(25,26)28-18-11-15(27-14(2)23)12-20-21(18)22(24)17-5-3-4-6-19(17)29-20/h3-12H,1-2H3. The summed E-state index contributed by atoms with van der Waals surface area (Å²) < 4.78 is 37.4. The normalized spacial score (nSPS) is 11.5. The van der Waals surface area contributed by atoms with E-state index in [1.54, 1.807) is 36.4 Å². The first kappa shape index (κ1) is 20.1. The highest BCUT2D eigenvalue weighted by Gasteiger charge is 2.21. The van der Waals surface area contributed by atoms with E-state index in [1.165, 1.54) is 42.5 Å². The van der Waals surface area contributed by atoms with Gasteiger partial charge in [0.2, 0.25) is 0 Å².